The van der Waals surface area contributed by atoms with Gasteiger partial charge in [-0.2, -0.15) is 0 Å². The molecule has 0 saturated heterocycles. The van der Waals surface area contributed by atoms with Gasteiger partial charge in [-0.1, -0.05) is 0 Å². The van der Waals surface area contributed by atoms with Gasteiger partial charge in [0.1, 0.15) is 23.0 Å². The zero-order valence-electron chi connectivity index (χ0n) is 9.94. The van der Waals surface area contributed by atoms with Crippen LogP contribution in [-0.4, -0.2) is 19.9 Å². The second-order valence-corrected chi connectivity index (χ2v) is 3.47. The standard InChI is InChI=1S/2C4H6N4O2/c2*5-1-2(6)7-4(10)8-3(1)9/h2*5H2,(H4,6,7,8,9,10). The smallest absolute Gasteiger partial charge is 0.327 e. The molecule has 0 amide bonds. The number of aromatic nitrogens is 4. The molecule has 2 aromatic rings. The third-order valence-electron chi connectivity index (χ3n) is 2.02. The van der Waals surface area contributed by atoms with E-state index in [1.54, 1.807) is 0 Å². The Balaban J connectivity index is 0.000000200. The average molecular weight is 284 g/mol. The Morgan fingerprint density at radius 2 is 0.850 bits per heavy atom. The molecule has 0 aliphatic carbocycles. The quantitative estimate of drug-likeness (QED) is 0.240. The lowest BCUT2D eigenvalue weighted by molar-refractivity contribution is 1.05. The van der Waals surface area contributed by atoms with Crippen molar-refractivity contribution in [2.45, 2.75) is 0 Å². The predicted molar refractivity (Wildman–Crippen MR) is 73.0 cm³/mol. The summed E-state index contributed by atoms with van der Waals surface area (Å²) in [5.74, 6) is -0.206. The first-order valence-electron chi connectivity index (χ1n) is 4.97. The summed E-state index contributed by atoms with van der Waals surface area (Å²) < 4.78 is 0. The van der Waals surface area contributed by atoms with Crippen LogP contribution in [0.25, 0.3) is 0 Å². The van der Waals surface area contributed by atoms with Crippen LogP contribution in [-0.2, 0) is 0 Å². The number of anilines is 4. The second-order valence-electron chi connectivity index (χ2n) is 3.47. The van der Waals surface area contributed by atoms with E-state index < -0.39 is 22.5 Å². The van der Waals surface area contributed by atoms with E-state index in [1.807, 2.05) is 9.97 Å². The zero-order valence-corrected chi connectivity index (χ0v) is 9.94. The molecule has 0 aromatic carbocycles. The minimum atomic E-state index is -0.666. The summed E-state index contributed by atoms with van der Waals surface area (Å²) in [5.41, 5.74) is 17.5. The maximum Gasteiger partial charge on any atom is 0.327 e. The molecule has 2 heterocycles. The van der Waals surface area contributed by atoms with Crippen LogP contribution in [0.4, 0.5) is 23.0 Å². The topological polar surface area (TPSA) is 236 Å². The predicted octanol–water partition coefficient (Wildman–Crippen LogP) is -3.54. The van der Waals surface area contributed by atoms with E-state index in [-0.39, 0.29) is 23.0 Å². The van der Waals surface area contributed by atoms with E-state index in [9.17, 15) is 19.2 Å². The van der Waals surface area contributed by atoms with Crippen LogP contribution < -0.4 is 45.4 Å². The number of rotatable bonds is 0. The molecular weight excluding hydrogens is 272 g/mol. The summed E-state index contributed by atoms with van der Waals surface area (Å²) in [7, 11) is 0. The highest BCUT2D eigenvalue weighted by Gasteiger charge is 1.99. The molecule has 0 aliphatic rings. The van der Waals surface area contributed by atoms with E-state index in [0.717, 1.165) is 0 Å². The van der Waals surface area contributed by atoms with Gasteiger partial charge in [0.25, 0.3) is 11.1 Å². The van der Waals surface area contributed by atoms with Crippen molar-refractivity contribution in [1.82, 2.24) is 19.9 Å². The number of hydrogen-bond donors (Lipinski definition) is 8. The maximum atomic E-state index is 10.6. The molecule has 0 unspecified atom stereocenters. The molecule has 0 aliphatic heterocycles. The molecule has 108 valence electrons. The Kier molecular flexibility index (Phi) is 4.00. The van der Waals surface area contributed by atoms with Gasteiger partial charge in [-0.25, -0.2) is 9.59 Å². The van der Waals surface area contributed by atoms with Gasteiger partial charge in [0.2, 0.25) is 0 Å². The SMILES string of the molecule is Nc1[nH]c(=O)[nH]c(=O)c1N.Nc1[nH]c(=O)[nH]c(=O)c1N. The van der Waals surface area contributed by atoms with Crippen molar-refractivity contribution in [2.24, 2.45) is 0 Å². The molecule has 20 heavy (non-hydrogen) atoms. The molecular formula is C8H12N8O4. The number of nitrogen functional groups attached to an aromatic ring is 4. The fourth-order valence-corrected chi connectivity index (χ4v) is 1.03. The highest BCUT2D eigenvalue weighted by molar-refractivity contribution is 5.55. The molecule has 12 N–H and O–H groups in total. The van der Waals surface area contributed by atoms with Gasteiger partial charge < -0.3 is 22.9 Å². The van der Waals surface area contributed by atoms with Crippen molar-refractivity contribution in [2.75, 3.05) is 22.9 Å². The van der Waals surface area contributed by atoms with Gasteiger partial charge in [-0.3, -0.25) is 29.5 Å². The van der Waals surface area contributed by atoms with Crippen molar-refractivity contribution in [3.63, 3.8) is 0 Å². The monoisotopic (exact) mass is 284 g/mol. The second kappa shape index (κ2) is 5.47. The van der Waals surface area contributed by atoms with Crippen LogP contribution in [0.1, 0.15) is 0 Å². The first kappa shape index (κ1) is 14.6. The Morgan fingerprint density at radius 1 is 0.550 bits per heavy atom. The van der Waals surface area contributed by atoms with Crippen molar-refractivity contribution < 1.29 is 0 Å². The Bertz CT molecular complexity index is 770. The van der Waals surface area contributed by atoms with Gasteiger partial charge in [-0.05, 0) is 0 Å². The molecule has 12 heteroatoms. The number of aromatic amines is 4. The molecule has 2 aromatic heterocycles. The number of H-pyrrole nitrogens is 4. The lowest BCUT2D eigenvalue weighted by Crippen LogP contribution is -2.26. The average Bonchev–Trinajstić information content (AvgIpc) is 2.33. The third kappa shape index (κ3) is 3.28. The first-order valence-corrected chi connectivity index (χ1v) is 4.97. The third-order valence-corrected chi connectivity index (χ3v) is 2.02. The number of hydrogen-bond acceptors (Lipinski definition) is 8. The summed E-state index contributed by atoms with van der Waals surface area (Å²) >= 11 is 0. The Labute approximate surface area is 108 Å². The van der Waals surface area contributed by atoms with E-state index in [4.69, 9.17) is 22.9 Å². The van der Waals surface area contributed by atoms with Gasteiger partial charge in [-0.15, -0.1) is 0 Å². The minimum absolute atomic E-state index is 0.103. The lowest BCUT2D eigenvalue weighted by Gasteiger charge is -1.93. The van der Waals surface area contributed by atoms with Crippen molar-refractivity contribution >= 4 is 23.0 Å². The van der Waals surface area contributed by atoms with E-state index in [1.165, 1.54) is 0 Å². The van der Waals surface area contributed by atoms with Crippen LogP contribution in [0.5, 0.6) is 0 Å². The van der Waals surface area contributed by atoms with Crippen LogP contribution in [0, 0.1) is 0 Å². The normalized spacial score (nSPS) is 9.60. The van der Waals surface area contributed by atoms with Crippen LogP contribution in [0.2, 0.25) is 0 Å². The van der Waals surface area contributed by atoms with Gasteiger partial charge >= 0.3 is 11.4 Å². The van der Waals surface area contributed by atoms with Gasteiger partial charge in [0.05, 0.1) is 0 Å². The van der Waals surface area contributed by atoms with Crippen molar-refractivity contribution in [3.8, 4) is 0 Å². The summed E-state index contributed by atoms with van der Waals surface area (Å²) in [5, 5.41) is 0. The largest absolute Gasteiger partial charge is 0.391 e. The summed E-state index contributed by atoms with van der Waals surface area (Å²) in [6, 6.07) is 0. The molecule has 2 rings (SSSR count). The molecule has 0 spiro atoms. The van der Waals surface area contributed by atoms with Crippen LogP contribution in [0.3, 0.4) is 0 Å². The molecule has 0 radical (unpaired) electrons. The maximum absolute atomic E-state index is 10.6. The summed E-state index contributed by atoms with van der Waals surface area (Å²) in [4.78, 5) is 50.1. The van der Waals surface area contributed by atoms with Crippen molar-refractivity contribution in [1.29, 1.82) is 0 Å². The van der Waals surface area contributed by atoms with E-state index in [0.29, 0.717) is 0 Å². The fourth-order valence-electron chi connectivity index (χ4n) is 1.03. The molecule has 0 atom stereocenters. The highest BCUT2D eigenvalue weighted by Crippen LogP contribution is 1.96. The van der Waals surface area contributed by atoms with Gasteiger partial charge in [0.15, 0.2) is 0 Å². The Morgan fingerprint density at radius 3 is 1.10 bits per heavy atom. The van der Waals surface area contributed by atoms with Gasteiger partial charge in [0, 0.05) is 0 Å². The fraction of sp³-hybridized carbons (Fsp3) is 0. The van der Waals surface area contributed by atoms with E-state index >= 15 is 0 Å². The first-order chi connectivity index (χ1) is 9.22. The molecule has 0 saturated carbocycles. The Hall–Kier alpha value is -3.44. The highest BCUT2D eigenvalue weighted by atomic mass is 16.2. The molecule has 0 fully saturated rings. The minimum Gasteiger partial charge on any atom is -0.391 e. The zero-order chi connectivity index (χ0) is 15.4. The summed E-state index contributed by atoms with van der Waals surface area (Å²) in [6.45, 7) is 0. The van der Waals surface area contributed by atoms with Crippen LogP contribution in [0.15, 0.2) is 19.2 Å². The molecule has 12 nitrogen and oxygen atoms in total. The lowest BCUT2D eigenvalue weighted by atomic mass is 10.5. The van der Waals surface area contributed by atoms with E-state index in [2.05, 4.69) is 9.97 Å². The number of nitrogens with two attached hydrogens (primary N) is 4. The summed E-state index contributed by atoms with van der Waals surface area (Å²) in [6.07, 6.45) is 0. The number of nitrogens with one attached hydrogen (secondary N) is 4. The molecule has 0 bridgehead atoms. The van der Waals surface area contributed by atoms with Crippen LogP contribution >= 0.6 is 0 Å². The van der Waals surface area contributed by atoms with Crippen molar-refractivity contribution in [3.05, 3.63) is 41.7 Å².